The molecular weight excluding hydrogens is 429 g/mol. The zero-order chi connectivity index (χ0) is 22.7. The van der Waals surface area contributed by atoms with Gasteiger partial charge in [0, 0.05) is 35.8 Å². The first kappa shape index (κ1) is 19.2. The molecule has 0 saturated heterocycles. The predicted octanol–water partition coefficient (Wildman–Crippen LogP) is 3.14. The Labute approximate surface area is 184 Å². The lowest BCUT2D eigenvalue weighted by molar-refractivity contribution is -0.138. The third-order valence-electron chi connectivity index (χ3n) is 6.10. The molecule has 33 heavy (non-hydrogen) atoms. The van der Waals surface area contributed by atoms with Gasteiger partial charge in [0.2, 0.25) is 0 Å². The number of furan rings is 1. The molecule has 5 heterocycles. The van der Waals surface area contributed by atoms with Crippen molar-refractivity contribution in [3.05, 3.63) is 88.2 Å². The van der Waals surface area contributed by atoms with Gasteiger partial charge in [0.15, 0.2) is 5.65 Å². The van der Waals surface area contributed by atoms with E-state index in [1.54, 1.807) is 23.2 Å². The van der Waals surface area contributed by atoms with Gasteiger partial charge in [0.05, 0.1) is 29.4 Å². The lowest BCUT2D eigenvalue weighted by atomic mass is 9.87. The van der Waals surface area contributed by atoms with E-state index in [0.717, 1.165) is 0 Å². The molecule has 0 radical (unpaired) electrons. The van der Waals surface area contributed by atoms with Gasteiger partial charge < -0.3 is 24.4 Å². The molecule has 4 aromatic heterocycles. The number of aromatic nitrogens is 4. The molecule has 0 saturated carbocycles. The first-order valence-corrected chi connectivity index (χ1v) is 10.2. The van der Waals surface area contributed by atoms with Crippen molar-refractivity contribution in [2.45, 2.75) is 18.5 Å². The number of fused-ring (bicyclic) bond motifs is 4. The predicted molar refractivity (Wildman–Crippen MR) is 117 cm³/mol. The van der Waals surface area contributed by atoms with Crippen LogP contribution in [-0.4, -0.2) is 37.1 Å². The Bertz CT molecular complexity index is 1600. The van der Waals surface area contributed by atoms with Crippen LogP contribution in [0.5, 0.6) is 0 Å². The number of carboxylic acid groups (broad SMARTS) is 1. The summed E-state index contributed by atoms with van der Waals surface area (Å²) >= 11 is 0. The Balaban J connectivity index is 1.59. The van der Waals surface area contributed by atoms with Gasteiger partial charge in [-0.3, -0.25) is 4.79 Å². The van der Waals surface area contributed by atoms with E-state index in [2.05, 4.69) is 19.9 Å². The molecule has 1 aliphatic rings. The third-order valence-corrected chi connectivity index (χ3v) is 6.10. The summed E-state index contributed by atoms with van der Waals surface area (Å²) in [5.74, 6) is -2.55. The molecule has 2 atom stereocenters. The average Bonchev–Trinajstić information content (AvgIpc) is 3.52. The molecule has 3 N–H and O–H groups in total. The number of carboxylic acids is 1. The van der Waals surface area contributed by atoms with Gasteiger partial charge in [-0.25, -0.2) is 19.2 Å². The summed E-state index contributed by atoms with van der Waals surface area (Å²) in [7, 11) is 0. The van der Waals surface area contributed by atoms with E-state index in [0.29, 0.717) is 28.0 Å². The van der Waals surface area contributed by atoms with Crippen molar-refractivity contribution in [3.8, 4) is 0 Å². The van der Waals surface area contributed by atoms with E-state index in [9.17, 15) is 19.1 Å². The van der Waals surface area contributed by atoms with Crippen LogP contribution in [0.15, 0.2) is 64.5 Å². The van der Waals surface area contributed by atoms with E-state index >= 15 is 0 Å². The zero-order valence-corrected chi connectivity index (χ0v) is 16.9. The number of H-pyrrole nitrogens is 2. The Morgan fingerprint density at radius 2 is 2.12 bits per heavy atom. The van der Waals surface area contributed by atoms with Crippen molar-refractivity contribution >= 4 is 33.8 Å². The van der Waals surface area contributed by atoms with Crippen molar-refractivity contribution in [1.82, 2.24) is 19.9 Å². The molecule has 0 aliphatic carbocycles. The largest absolute Gasteiger partial charge is 0.480 e. The number of nitrogens with zero attached hydrogens (tertiary/aromatic N) is 3. The van der Waals surface area contributed by atoms with Crippen molar-refractivity contribution in [3.63, 3.8) is 0 Å². The maximum atomic E-state index is 15.0. The highest BCUT2D eigenvalue weighted by Crippen LogP contribution is 2.49. The highest BCUT2D eigenvalue weighted by Gasteiger charge is 2.47. The molecule has 5 aromatic rings. The molecule has 9 nitrogen and oxygen atoms in total. The number of aliphatic carboxylic acids is 1. The highest BCUT2D eigenvalue weighted by atomic mass is 19.1. The second kappa shape index (κ2) is 7.02. The van der Waals surface area contributed by atoms with Crippen molar-refractivity contribution in [2.75, 3.05) is 4.90 Å². The number of rotatable bonds is 4. The number of benzene rings is 1. The lowest BCUT2D eigenvalue weighted by Crippen LogP contribution is -2.41. The minimum absolute atomic E-state index is 0.124. The monoisotopic (exact) mass is 445 g/mol. The van der Waals surface area contributed by atoms with Crippen LogP contribution in [0.4, 0.5) is 10.1 Å². The first-order valence-electron chi connectivity index (χ1n) is 10.2. The van der Waals surface area contributed by atoms with Crippen LogP contribution < -0.4 is 10.5 Å². The topological polar surface area (TPSA) is 128 Å². The van der Waals surface area contributed by atoms with E-state index in [1.807, 2.05) is 6.07 Å². The van der Waals surface area contributed by atoms with Gasteiger partial charge in [-0.2, -0.15) is 0 Å². The van der Waals surface area contributed by atoms with Crippen LogP contribution in [0.2, 0.25) is 0 Å². The molecule has 10 heteroatoms. The molecule has 0 fully saturated rings. The number of pyridine rings is 2. The van der Waals surface area contributed by atoms with Gasteiger partial charge in [0.1, 0.15) is 17.4 Å². The second-order valence-corrected chi connectivity index (χ2v) is 7.92. The number of aromatic amines is 2. The lowest BCUT2D eigenvalue weighted by Gasteiger charge is -2.27. The summed E-state index contributed by atoms with van der Waals surface area (Å²) in [5, 5.41) is 10.5. The average molecular weight is 445 g/mol. The molecule has 0 spiro atoms. The SMILES string of the molecule is O=C(O)C1C(c2ccc[nH]c2=O)c2c(cc(F)c3ccoc23)N1Cc1cnc2nc[nH]c2c1. The van der Waals surface area contributed by atoms with Crippen LogP contribution in [0, 0.1) is 5.82 Å². The van der Waals surface area contributed by atoms with Gasteiger partial charge >= 0.3 is 5.97 Å². The van der Waals surface area contributed by atoms with Crippen molar-refractivity contribution in [1.29, 1.82) is 0 Å². The standard InChI is InChI=1S/C23H16FN5O4/c24-14-7-16-18(20-12(14)3-5-33-20)17(13-2-1-4-25-22(13)30)19(23(31)32)29(16)9-11-6-15-21(26-8-11)28-10-27-15/h1-8,10,17,19H,9H2,(H,25,30)(H,31,32)(H,26,27,28). The van der Waals surface area contributed by atoms with E-state index in [-0.39, 0.29) is 23.1 Å². The normalized spacial score (nSPS) is 17.7. The summed E-state index contributed by atoms with van der Waals surface area (Å²) < 4.78 is 20.6. The Kier molecular flexibility index (Phi) is 4.09. The molecule has 164 valence electrons. The van der Waals surface area contributed by atoms with Gasteiger partial charge in [-0.1, -0.05) is 6.07 Å². The van der Waals surface area contributed by atoms with Gasteiger partial charge in [-0.05, 0) is 29.8 Å². The second-order valence-electron chi connectivity index (χ2n) is 7.92. The zero-order valence-electron chi connectivity index (χ0n) is 16.9. The Morgan fingerprint density at radius 3 is 2.94 bits per heavy atom. The molecular formula is C23H16FN5O4. The van der Waals surface area contributed by atoms with Crippen LogP contribution in [-0.2, 0) is 11.3 Å². The van der Waals surface area contributed by atoms with Crippen LogP contribution in [0.1, 0.15) is 22.6 Å². The van der Waals surface area contributed by atoms with E-state index < -0.39 is 29.3 Å². The fraction of sp³-hybridized carbons (Fsp3) is 0.130. The molecule has 0 bridgehead atoms. The van der Waals surface area contributed by atoms with Gasteiger partial charge in [-0.15, -0.1) is 0 Å². The fourth-order valence-electron chi connectivity index (χ4n) is 4.74. The summed E-state index contributed by atoms with van der Waals surface area (Å²) in [4.78, 5) is 40.9. The molecule has 0 amide bonds. The summed E-state index contributed by atoms with van der Waals surface area (Å²) in [6.07, 6.45) is 5.96. The maximum Gasteiger partial charge on any atom is 0.327 e. The summed E-state index contributed by atoms with van der Waals surface area (Å²) in [6.45, 7) is 0.124. The third kappa shape index (κ3) is 2.84. The quantitative estimate of drug-likeness (QED) is 0.388. The summed E-state index contributed by atoms with van der Waals surface area (Å²) in [5.41, 5.74) is 2.85. The number of halogens is 1. The summed E-state index contributed by atoms with van der Waals surface area (Å²) in [6, 6.07) is 6.67. The number of nitrogens with one attached hydrogen (secondary N) is 2. The molecule has 1 aliphatic heterocycles. The number of anilines is 1. The smallest absolute Gasteiger partial charge is 0.327 e. The molecule has 2 unspecified atom stereocenters. The maximum absolute atomic E-state index is 15.0. The minimum atomic E-state index is -1.17. The molecule has 6 rings (SSSR count). The number of carbonyl (C=O) groups is 1. The van der Waals surface area contributed by atoms with E-state index in [1.165, 1.54) is 30.9 Å². The number of imidazole rings is 1. The number of hydrogen-bond donors (Lipinski definition) is 3. The highest BCUT2D eigenvalue weighted by molar-refractivity contribution is 5.94. The van der Waals surface area contributed by atoms with Crippen molar-refractivity contribution in [2.24, 2.45) is 0 Å². The Hall–Kier alpha value is -4.47. The minimum Gasteiger partial charge on any atom is -0.480 e. The van der Waals surface area contributed by atoms with Crippen LogP contribution in [0.25, 0.3) is 22.1 Å². The van der Waals surface area contributed by atoms with Crippen LogP contribution in [0.3, 0.4) is 0 Å². The fourth-order valence-corrected chi connectivity index (χ4v) is 4.74. The Morgan fingerprint density at radius 1 is 1.24 bits per heavy atom. The van der Waals surface area contributed by atoms with Crippen LogP contribution >= 0.6 is 0 Å². The number of hydrogen-bond acceptors (Lipinski definition) is 6. The van der Waals surface area contributed by atoms with Crippen molar-refractivity contribution < 1.29 is 18.7 Å². The van der Waals surface area contributed by atoms with E-state index in [4.69, 9.17) is 4.42 Å². The van der Waals surface area contributed by atoms with Gasteiger partial charge in [0.25, 0.3) is 5.56 Å². The first-order chi connectivity index (χ1) is 16.0. The molecule has 1 aromatic carbocycles.